The minimum atomic E-state index is 0.0950. The average Bonchev–Trinajstić information content (AvgIpc) is 3.15. The van der Waals surface area contributed by atoms with Gasteiger partial charge in [0.25, 0.3) is 0 Å². The zero-order chi connectivity index (χ0) is 16.2. The topological polar surface area (TPSA) is 64.2 Å². The van der Waals surface area contributed by atoms with Gasteiger partial charge in [0, 0.05) is 37.6 Å². The van der Waals surface area contributed by atoms with Crippen LogP contribution in [0.4, 0.5) is 5.69 Å². The molecule has 1 fully saturated rings. The number of nitrogens with two attached hydrogens (primary N) is 1. The number of carbonyl (C=O) groups is 1. The highest BCUT2D eigenvalue weighted by Crippen LogP contribution is 2.33. The Hall–Kier alpha value is -2.14. The summed E-state index contributed by atoms with van der Waals surface area (Å²) in [6.07, 6.45) is 7.66. The summed E-state index contributed by atoms with van der Waals surface area (Å²) >= 11 is 0. The van der Waals surface area contributed by atoms with E-state index in [4.69, 9.17) is 5.73 Å². The highest BCUT2D eigenvalue weighted by Gasteiger charge is 2.29. The van der Waals surface area contributed by atoms with Gasteiger partial charge < -0.3 is 10.6 Å². The van der Waals surface area contributed by atoms with Crippen LogP contribution >= 0.6 is 0 Å². The van der Waals surface area contributed by atoms with Gasteiger partial charge in [0.1, 0.15) is 0 Å². The van der Waals surface area contributed by atoms with Gasteiger partial charge in [-0.2, -0.15) is 5.10 Å². The van der Waals surface area contributed by atoms with E-state index in [0.29, 0.717) is 12.6 Å². The molecule has 0 aliphatic heterocycles. The lowest BCUT2D eigenvalue weighted by molar-refractivity contribution is -0.123. The number of para-hydroxylation sites is 1. The van der Waals surface area contributed by atoms with Crippen LogP contribution in [0.5, 0.6) is 0 Å². The van der Waals surface area contributed by atoms with E-state index in [1.165, 1.54) is 0 Å². The third kappa shape index (κ3) is 3.29. The van der Waals surface area contributed by atoms with Gasteiger partial charge in [-0.05, 0) is 43.4 Å². The number of amides is 1. The zero-order valence-electron chi connectivity index (χ0n) is 13.6. The van der Waals surface area contributed by atoms with Crippen molar-refractivity contribution in [2.75, 3.05) is 11.9 Å². The van der Waals surface area contributed by atoms with E-state index in [9.17, 15) is 4.79 Å². The number of aromatic nitrogens is 2. The van der Waals surface area contributed by atoms with Gasteiger partial charge >= 0.3 is 0 Å². The van der Waals surface area contributed by atoms with Crippen LogP contribution in [0.1, 0.15) is 37.3 Å². The molecular formula is C18H24N4O. The number of nitrogens with zero attached hydrogens (tertiary/aromatic N) is 3. The molecule has 2 aromatic rings. The molecule has 1 heterocycles. The molecule has 1 aliphatic rings. The number of hydrogen-bond donors (Lipinski definition) is 1. The molecule has 122 valence electrons. The van der Waals surface area contributed by atoms with Crippen LogP contribution < -0.4 is 10.6 Å². The van der Waals surface area contributed by atoms with E-state index in [1.807, 2.05) is 54.5 Å². The lowest BCUT2D eigenvalue weighted by Crippen LogP contribution is -2.36. The zero-order valence-corrected chi connectivity index (χ0v) is 13.6. The van der Waals surface area contributed by atoms with Gasteiger partial charge in [-0.15, -0.1) is 0 Å². The third-order valence-corrected chi connectivity index (χ3v) is 4.85. The molecule has 0 spiro atoms. The monoisotopic (exact) mass is 312 g/mol. The Morgan fingerprint density at radius 1 is 1.26 bits per heavy atom. The Labute approximate surface area is 137 Å². The highest BCUT2D eigenvalue weighted by molar-refractivity contribution is 5.95. The predicted molar refractivity (Wildman–Crippen MR) is 91.0 cm³/mol. The molecule has 0 bridgehead atoms. The number of rotatable bonds is 4. The van der Waals surface area contributed by atoms with Crippen molar-refractivity contribution < 1.29 is 4.79 Å². The first-order chi connectivity index (χ1) is 11.2. The molecular weight excluding hydrogens is 288 g/mol. The quantitative estimate of drug-likeness (QED) is 0.944. The standard InChI is InChI=1S/C18H24N4O/c1-21(17-6-3-2-5-15(17)13-19)18(23)14-7-9-16(10-8-14)22-12-4-11-20-22/h2-6,11-12,14,16H,7-10,13,19H2,1H3/t14-,16-. The number of benzene rings is 1. The second-order valence-corrected chi connectivity index (χ2v) is 6.22. The maximum atomic E-state index is 12.8. The largest absolute Gasteiger partial charge is 0.326 e. The molecule has 5 nitrogen and oxygen atoms in total. The van der Waals surface area contributed by atoms with Crippen LogP contribution in [0.15, 0.2) is 42.7 Å². The molecule has 1 aromatic carbocycles. The predicted octanol–water partition coefficient (Wildman–Crippen LogP) is 2.74. The van der Waals surface area contributed by atoms with Crippen molar-refractivity contribution in [2.45, 2.75) is 38.3 Å². The van der Waals surface area contributed by atoms with Gasteiger partial charge in [-0.25, -0.2) is 0 Å². The molecule has 1 aromatic heterocycles. The summed E-state index contributed by atoms with van der Waals surface area (Å²) in [4.78, 5) is 14.6. The molecule has 1 aliphatic carbocycles. The molecule has 0 unspecified atom stereocenters. The Balaban J connectivity index is 1.65. The van der Waals surface area contributed by atoms with E-state index in [-0.39, 0.29) is 11.8 Å². The summed E-state index contributed by atoms with van der Waals surface area (Å²) in [5, 5.41) is 4.32. The van der Waals surface area contributed by atoms with E-state index in [0.717, 1.165) is 36.9 Å². The Morgan fingerprint density at radius 2 is 2.00 bits per heavy atom. The first-order valence-electron chi connectivity index (χ1n) is 8.25. The van der Waals surface area contributed by atoms with Gasteiger partial charge in [0.05, 0.1) is 6.04 Å². The molecule has 1 saturated carbocycles. The van der Waals surface area contributed by atoms with Crippen molar-refractivity contribution in [1.29, 1.82) is 0 Å². The first kappa shape index (κ1) is 15.7. The van der Waals surface area contributed by atoms with Crippen LogP contribution in [0, 0.1) is 5.92 Å². The highest BCUT2D eigenvalue weighted by atomic mass is 16.2. The fourth-order valence-corrected chi connectivity index (χ4v) is 3.49. The Morgan fingerprint density at radius 3 is 2.65 bits per heavy atom. The molecule has 1 amide bonds. The minimum Gasteiger partial charge on any atom is -0.326 e. The van der Waals surface area contributed by atoms with Crippen LogP contribution in [0.25, 0.3) is 0 Å². The van der Waals surface area contributed by atoms with Crippen LogP contribution in [0.3, 0.4) is 0 Å². The van der Waals surface area contributed by atoms with Gasteiger partial charge in [-0.1, -0.05) is 18.2 Å². The van der Waals surface area contributed by atoms with Crippen molar-refractivity contribution >= 4 is 11.6 Å². The third-order valence-electron chi connectivity index (χ3n) is 4.85. The summed E-state index contributed by atoms with van der Waals surface area (Å²) < 4.78 is 2.02. The molecule has 23 heavy (non-hydrogen) atoms. The normalized spacial score (nSPS) is 21.1. The van der Waals surface area contributed by atoms with Crippen molar-refractivity contribution in [1.82, 2.24) is 9.78 Å². The SMILES string of the molecule is CN(c1ccccc1CN)C(=O)[C@H]1CC[C@H](n2cccn2)CC1. The fourth-order valence-electron chi connectivity index (χ4n) is 3.49. The first-order valence-corrected chi connectivity index (χ1v) is 8.25. The maximum absolute atomic E-state index is 12.8. The van der Waals surface area contributed by atoms with Crippen LogP contribution in [-0.4, -0.2) is 22.7 Å². The van der Waals surface area contributed by atoms with Gasteiger partial charge in [0.2, 0.25) is 5.91 Å². The lowest BCUT2D eigenvalue weighted by Gasteiger charge is -2.31. The average molecular weight is 312 g/mol. The summed E-state index contributed by atoms with van der Waals surface area (Å²) in [5.41, 5.74) is 7.72. The molecule has 0 saturated heterocycles. The lowest BCUT2D eigenvalue weighted by atomic mass is 9.85. The Bertz CT molecular complexity index is 645. The van der Waals surface area contributed by atoms with Crippen LogP contribution in [0.2, 0.25) is 0 Å². The van der Waals surface area contributed by atoms with Gasteiger partial charge in [0.15, 0.2) is 0 Å². The second-order valence-electron chi connectivity index (χ2n) is 6.22. The van der Waals surface area contributed by atoms with E-state index in [1.54, 1.807) is 4.90 Å². The molecule has 3 rings (SSSR count). The second kappa shape index (κ2) is 6.96. The van der Waals surface area contributed by atoms with Crippen LogP contribution in [-0.2, 0) is 11.3 Å². The summed E-state index contributed by atoms with van der Waals surface area (Å²) in [6.45, 7) is 0.444. The number of hydrogen-bond acceptors (Lipinski definition) is 3. The Kier molecular flexibility index (Phi) is 4.76. The van der Waals surface area contributed by atoms with Crippen molar-refractivity contribution in [3.8, 4) is 0 Å². The summed E-state index contributed by atoms with van der Waals surface area (Å²) in [5.74, 6) is 0.294. The summed E-state index contributed by atoms with van der Waals surface area (Å²) in [7, 11) is 1.86. The number of anilines is 1. The van der Waals surface area contributed by atoms with E-state index >= 15 is 0 Å². The smallest absolute Gasteiger partial charge is 0.229 e. The molecule has 5 heteroatoms. The molecule has 0 radical (unpaired) electrons. The summed E-state index contributed by atoms with van der Waals surface area (Å²) in [6, 6.07) is 10.2. The maximum Gasteiger partial charge on any atom is 0.229 e. The minimum absolute atomic E-state index is 0.0950. The van der Waals surface area contributed by atoms with Crippen molar-refractivity contribution in [2.24, 2.45) is 11.7 Å². The van der Waals surface area contributed by atoms with Crippen molar-refractivity contribution in [3.05, 3.63) is 48.3 Å². The molecule has 0 atom stereocenters. The molecule has 2 N–H and O–H groups in total. The fraction of sp³-hybridized carbons (Fsp3) is 0.444. The number of carbonyl (C=O) groups excluding carboxylic acids is 1. The van der Waals surface area contributed by atoms with E-state index in [2.05, 4.69) is 5.10 Å². The van der Waals surface area contributed by atoms with Gasteiger partial charge in [-0.3, -0.25) is 9.48 Å². The van der Waals surface area contributed by atoms with Crippen molar-refractivity contribution in [3.63, 3.8) is 0 Å². The van der Waals surface area contributed by atoms with E-state index < -0.39 is 0 Å².